The molecule has 16 heavy (non-hydrogen) atoms. The van der Waals surface area contributed by atoms with E-state index in [1.54, 1.807) is 11.3 Å². The van der Waals surface area contributed by atoms with Crippen LogP contribution in [0.3, 0.4) is 0 Å². The first-order valence-corrected chi connectivity index (χ1v) is 6.20. The van der Waals surface area contributed by atoms with Gasteiger partial charge in [-0.15, -0.1) is 11.3 Å². The van der Waals surface area contributed by atoms with E-state index in [1.807, 2.05) is 0 Å². The van der Waals surface area contributed by atoms with Gasteiger partial charge in [0.15, 0.2) is 0 Å². The molecule has 1 aliphatic rings. The van der Waals surface area contributed by atoms with Gasteiger partial charge in [0.2, 0.25) is 0 Å². The zero-order chi connectivity index (χ0) is 10.4. The molecule has 0 atom stereocenters. The fourth-order valence-electron chi connectivity index (χ4n) is 2.14. The molecule has 0 unspecified atom stereocenters. The third-order valence-corrected chi connectivity index (χ3v) is 4.18. The van der Waals surface area contributed by atoms with Crippen molar-refractivity contribution in [1.29, 1.82) is 0 Å². The number of fused-ring (bicyclic) bond motifs is 3. The van der Waals surface area contributed by atoms with Crippen LogP contribution in [0.25, 0.3) is 10.2 Å². The zero-order valence-corrected chi connectivity index (χ0v) is 12.6. The second kappa shape index (κ2) is 4.74. The maximum absolute atomic E-state index is 11.8. The molecule has 1 aliphatic carbocycles. The van der Waals surface area contributed by atoms with E-state index in [0.717, 1.165) is 23.1 Å². The normalized spacial score (nSPS) is 14.5. The number of H-pyrrole nitrogens is 1. The summed E-state index contributed by atoms with van der Waals surface area (Å²) < 4.78 is 0. The topological polar surface area (TPSA) is 45.8 Å². The van der Waals surface area contributed by atoms with E-state index < -0.39 is 0 Å². The van der Waals surface area contributed by atoms with Crippen molar-refractivity contribution >= 4 is 34.2 Å². The van der Waals surface area contributed by atoms with Crippen molar-refractivity contribution in [1.82, 2.24) is 9.97 Å². The average Bonchev–Trinajstić information content (AvgIpc) is 2.54. The summed E-state index contributed by atoms with van der Waals surface area (Å²) in [6.07, 6.45) is 4.49. The molecule has 0 radical (unpaired) electrons. The van der Waals surface area contributed by atoms with Crippen LogP contribution in [0.5, 0.6) is 0 Å². The quantitative estimate of drug-likeness (QED) is 0.367. The molecule has 78 valence electrons. The van der Waals surface area contributed by atoms with Crippen LogP contribution in [0.15, 0.2) is 9.95 Å². The Labute approximate surface area is 124 Å². The van der Waals surface area contributed by atoms with Crippen molar-refractivity contribution in [3.8, 4) is 0 Å². The Morgan fingerprint density at radius 2 is 2.06 bits per heavy atom. The Morgan fingerprint density at radius 3 is 2.88 bits per heavy atom. The Hall–Kier alpha value is 0.0600. The average molecular weight is 260 g/mol. The molecule has 6 heteroatoms. The molecule has 2 aromatic heterocycles. The standard InChI is InChI=1S/C10H10N2OS2.Na/c13-8-7-5-3-1-2-4-6(5)15-9(7)12-10(14)11-8;/h1-4H2,(H2,11,12,13,14);/q;+1/p-1. The number of nitrogens with zero attached hydrogens (tertiary/aromatic N) is 1. The van der Waals surface area contributed by atoms with Crippen LogP contribution in [-0.4, -0.2) is 9.97 Å². The molecule has 3 rings (SSSR count). The van der Waals surface area contributed by atoms with Crippen molar-refractivity contribution in [2.24, 2.45) is 0 Å². The van der Waals surface area contributed by atoms with E-state index in [9.17, 15) is 4.79 Å². The predicted molar refractivity (Wildman–Crippen MR) is 62.5 cm³/mol. The molecule has 1 N–H and O–H groups in total. The molecule has 0 bridgehead atoms. The van der Waals surface area contributed by atoms with Crippen LogP contribution in [0, 0.1) is 0 Å². The summed E-state index contributed by atoms with van der Waals surface area (Å²) in [5.74, 6) is 0. The van der Waals surface area contributed by atoms with E-state index in [1.165, 1.54) is 23.3 Å². The van der Waals surface area contributed by atoms with Gasteiger partial charge in [-0.3, -0.25) is 4.79 Å². The summed E-state index contributed by atoms with van der Waals surface area (Å²) in [4.78, 5) is 20.7. The molecule has 2 heterocycles. The minimum atomic E-state index is -0.0654. The largest absolute Gasteiger partial charge is 1.00 e. The number of rotatable bonds is 0. The monoisotopic (exact) mass is 260 g/mol. The van der Waals surface area contributed by atoms with Gasteiger partial charge < -0.3 is 17.6 Å². The Bertz CT molecular complexity index is 590. The summed E-state index contributed by atoms with van der Waals surface area (Å²) in [5.41, 5.74) is 1.15. The number of hydrogen-bond donors (Lipinski definition) is 1. The van der Waals surface area contributed by atoms with E-state index in [-0.39, 0.29) is 35.1 Å². The third kappa shape index (κ3) is 1.95. The van der Waals surface area contributed by atoms with E-state index in [0.29, 0.717) is 5.16 Å². The van der Waals surface area contributed by atoms with Gasteiger partial charge in [-0.25, -0.2) is 4.98 Å². The maximum atomic E-state index is 11.8. The molecule has 2 aromatic rings. The molecule has 3 nitrogen and oxygen atoms in total. The minimum absolute atomic E-state index is 0. The Kier molecular flexibility index (Phi) is 3.71. The van der Waals surface area contributed by atoms with Gasteiger partial charge in [0.1, 0.15) is 4.83 Å². The zero-order valence-electron chi connectivity index (χ0n) is 9.00. The van der Waals surface area contributed by atoms with Gasteiger partial charge in [0, 0.05) is 4.88 Å². The second-order valence-electron chi connectivity index (χ2n) is 3.76. The first-order chi connectivity index (χ1) is 7.25. The van der Waals surface area contributed by atoms with Crippen LogP contribution < -0.4 is 35.1 Å². The van der Waals surface area contributed by atoms with Gasteiger partial charge in [-0.05, 0) is 36.4 Å². The summed E-state index contributed by atoms with van der Waals surface area (Å²) in [7, 11) is 0. The summed E-state index contributed by atoms with van der Waals surface area (Å²) in [5, 5.41) is 1.08. The molecular weight excluding hydrogens is 251 g/mol. The SMILES string of the molecule is O=c1[nH]c([S-])nc2sc3c(c12)CCCC3.[Na+]. The van der Waals surface area contributed by atoms with Crippen LogP contribution in [0.4, 0.5) is 0 Å². The van der Waals surface area contributed by atoms with Gasteiger partial charge in [0.05, 0.1) is 5.39 Å². The van der Waals surface area contributed by atoms with Crippen molar-refractivity contribution < 1.29 is 29.6 Å². The first kappa shape index (κ1) is 12.5. The summed E-state index contributed by atoms with van der Waals surface area (Å²) in [6.45, 7) is 0. The molecular formula is C10H9N2NaOS2. The molecule has 0 saturated carbocycles. The number of nitrogens with one attached hydrogen (secondary N) is 1. The third-order valence-electron chi connectivity index (χ3n) is 2.80. The van der Waals surface area contributed by atoms with E-state index >= 15 is 0 Å². The number of aryl methyl sites for hydroxylation is 2. The van der Waals surface area contributed by atoms with Crippen LogP contribution >= 0.6 is 11.3 Å². The smallest absolute Gasteiger partial charge is 0.742 e. The fourth-order valence-corrected chi connectivity index (χ4v) is 3.65. The number of aromatic amines is 1. The summed E-state index contributed by atoms with van der Waals surface area (Å²) in [6, 6.07) is 0. The predicted octanol–water partition coefficient (Wildman–Crippen LogP) is -1.23. The van der Waals surface area contributed by atoms with Crippen molar-refractivity contribution in [2.75, 3.05) is 0 Å². The number of hydrogen-bond acceptors (Lipinski definition) is 4. The first-order valence-electron chi connectivity index (χ1n) is 4.97. The van der Waals surface area contributed by atoms with Crippen molar-refractivity contribution in [3.05, 3.63) is 20.8 Å². The molecule has 0 saturated heterocycles. The van der Waals surface area contributed by atoms with Gasteiger partial charge in [0.25, 0.3) is 5.56 Å². The number of aromatic nitrogens is 2. The molecule has 0 spiro atoms. The van der Waals surface area contributed by atoms with Gasteiger partial charge >= 0.3 is 29.6 Å². The Balaban J connectivity index is 0.000000963. The molecule has 0 aliphatic heterocycles. The second-order valence-corrected chi connectivity index (χ2v) is 5.23. The molecule has 0 fully saturated rings. The van der Waals surface area contributed by atoms with Gasteiger partial charge in [-0.1, -0.05) is 0 Å². The summed E-state index contributed by atoms with van der Waals surface area (Å²) >= 11 is 6.54. The van der Waals surface area contributed by atoms with Crippen LogP contribution in [0.1, 0.15) is 23.3 Å². The number of thiophene rings is 1. The fraction of sp³-hybridized carbons (Fsp3) is 0.400. The van der Waals surface area contributed by atoms with E-state index in [4.69, 9.17) is 12.6 Å². The minimum Gasteiger partial charge on any atom is -0.742 e. The van der Waals surface area contributed by atoms with Gasteiger partial charge in [-0.2, -0.15) is 0 Å². The van der Waals surface area contributed by atoms with Crippen molar-refractivity contribution in [2.45, 2.75) is 30.8 Å². The van der Waals surface area contributed by atoms with Crippen LogP contribution in [-0.2, 0) is 25.5 Å². The maximum Gasteiger partial charge on any atom is 1.00 e. The molecule has 0 aromatic carbocycles. The van der Waals surface area contributed by atoms with Crippen LogP contribution in [0.2, 0.25) is 0 Å². The van der Waals surface area contributed by atoms with Crippen molar-refractivity contribution in [3.63, 3.8) is 0 Å². The Morgan fingerprint density at radius 1 is 1.31 bits per heavy atom. The molecule has 0 amide bonds. The van der Waals surface area contributed by atoms with E-state index in [2.05, 4.69) is 9.97 Å².